The Labute approximate surface area is 93.2 Å². The predicted molar refractivity (Wildman–Crippen MR) is 62.1 cm³/mol. The average molecular weight is 212 g/mol. The minimum absolute atomic E-state index is 0.341. The molecule has 1 saturated carbocycles. The average Bonchev–Trinajstić information content (AvgIpc) is 2.16. The summed E-state index contributed by atoms with van der Waals surface area (Å²) >= 11 is 0. The third kappa shape index (κ3) is 2.52. The van der Waals surface area contributed by atoms with Gasteiger partial charge in [-0.05, 0) is 39.8 Å². The van der Waals surface area contributed by atoms with Gasteiger partial charge in [-0.25, -0.2) is 0 Å². The van der Waals surface area contributed by atoms with E-state index in [2.05, 4.69) is 24.3 Å². The molecule has 1 saturated heterocycles. The van der Waals surface area contributed by atoms with E-state index < -0.39 is 0 Å². The largest absolute Gasteiger partial charge is 0.381 e. The summed E-state index contributed by atoms with van der Waals surface area (Å²) in [5, 5.41) is 3.71. The van der Waals surface area contributed by atoms with Crippen LogP contribution in [0.15, 0.2) is 0 Å². The van der Waals surface area contributed by atoms with E-state index in [9.17, 15) is 0 Å². The lowest BCUT2D eigenvalue weighted by Gasteiger charge is -2.44. The molecule has 2 rings (SSSR count). The monoisotopic (exact) mass is 212 g/mol. The summed E-state index contributed by atoms with van der Waals surface area (Å²) < 4.78 is 5.47. The Kier molecular flexibility index (Phi) is 3.65. The van der Waals surface area contributed by atoms with Crippen molar-refractivity contribution in [1.82, 2.24) is 10.2 Å². The van der Waals surface area contributed by atoms with Gasteiger partial charge >= 0.3 is 0 Å². The van der Waals surface area contributed by atoms with E-state index >= 15 is 0 Å². The highest BCUT2D eigenvalue weighted by Gasteiger charge is 2.35. The highest BCUT2D eigenvalue weighted by atomic mass is 16.5. The van der Waals surface area contributed by atoms with E-state index in [-0.39, 0.29) is 0 Å². The molecule has 15 heavy (non-hydrogen) atoms. The standard InChI is InChI=1S/C12H24N2O/c1-14(2)12(6-8-15-9-7-12)10-13-11-4-3-5-11/h11,13H,3-10H2,1-2H3. The molecule has 0 spiro atoms. The molecule has 3 heteroatoms. The molecular formula is C12H24N2O. The molecule has 0 radical (unpaired) electrons. The molecule has 3 nitrogen and oxygen atoms in total. The first-order valence-corrected chi connectivity index (χ1v) is 6.21. The quantitative estimate of drug-likeness (QED) is 0.759. The topological polar surface area (TPSA) is 24.5 Å². The number of rotatable bonds is 4. The van der Waals surface area contributed by atoms with Crippen LogP contribution in [0, 0.1) is 0 Å². The van der Waals surface area contributed by atoms with Crippen molar-refractivity contribution in [2.75, 3.05) is 33.9 Å². The van der Waals surface area contributed by atoms with Gasteiger partial charge in [0.2, 0.25) is 0 Å². The minimum atomic E-state index is 0.341. The third-order valence-electron chi connectivity index (χ3n) is 4.20. The lowest BCUT2D eigenvalue weighted by atomic mass is 9.86. The fraction of sp³-hybridized carbons (Fsp3) is 1.00. The van der Waals surface area contributed by atoms with Gasteiger partial charge in [-0.2, -0.15) is 0 Å². The lowest BCUT2D eigenvalue weighted by Crippen LogP contribution is -2.57. The van der Waals surface area contributed by atoms with E-state index in [4.69, 9.17) is 4.74 Å². The third-order valence-corrected chi connectivity index (χ3v) is 4.20. The number of nitrogens with zero attached hydrogens (tertiary/aromatic N) is 1. The number of nitrogens with one attached hydrogen (secondary N) is 1. The fourth-order valence-corrected chi connectivity index (χ4v) is 2.48. The maximum atomic E-state index is 5.47. The van der Waals surface area contributed by atoms with Gasteiger partial charge in [-0.15, -0.1) is 0 Å². The summed E-state index contributed by atoms with van der Waals surface area (Å²) in [6, 6.07) is 0.796. The molecular weight excluding hydrogens is 188 g/mol. The van der Waals surface area contributed by atoms with Crippen LogP contribution in [0.3, 0.4) is 0 Å². The van der Waals surface area contributed by atoms with Crippen molar-refractivity contribution in [3.05, 3.63) is 0 Å². The van der Waals surface area contributed by atoms with Crippen LogP contribution in [0.4, 0.5) is 0 Å². The van der Waals surface area contributed by atoms with Gasteiger partial charge < -0.3 is 15.0 Å². The molecule has 1 heterocycles. The Morgan fingerprint density at radius 2 is 1.93 bits per heavy atom. The van der Waals surface area contributed by atoms with Crippen molar-refractivity contribution in [1.29, 1.82) is 0 Å². The van der Waals surface area contributed by atoms with Gasteiger partial charge in [0.25, 0.3) is 0 Å². The SMILES string of the molecule is CN(C)C1(CNC2CCC2)CCOCC1. The number of hydrogen-bond acceptors (Lipinski definition) is 3. The molecule has 0 unspecified atom stereocenters. The highest BCUT2D eigenvalue weighted by molar-refractivity contribution is 4.93. The lowest BCUT2D eigenvalue weighted by molar-refractivity contribution is -0.00944. The highest BCUT2D eigenvalue weighted by Crippen LogP contribution is 2.26. The first-order chi connectivity index (χ1) is 7.23. The van der Waals surface area contributed by atoms with Crippen LogP contribution in [0.1, 0.15) is 32.1 Å². The molecule has 0 aromatic heterocycles. The van der Waals surface area contributed by atoms with Gasteiger partial charge in [0.15, 0.2) is 0 Å². The van der Waals surface area contributed by atoms with Gasteiger partial charge in [0.05, 0.1) is 0 Å². The van der Waals surface area contributed by atoms with Crippen molar-refractivity contribution in [2.45, 2.75) is 43.7 Å². The zero-order valence-corrected chi connectivity index (χ0v) is 10.1. The Morgan fingerprint density at radius 1 is 1.27 bits per heavy atom. The normalized spacial score (nSPS) is 26.6. The summed E-state index contributed by atoms with van der Waals surface area (Å²) in [4.78, 5) is 2.39. The molecule has 2 aliphatic rings. The molecule has 0 aromatic carbocycles. The van der Waals surface area contributed by atoms with Crippen LogP contribution in [0.25, 0.3) is 0 Å². The first kappa shape index (κ1) is 11.4. The Hall–Kier alpha value is -0.120. The van der Waals surface area contributed by atoms with E-state index in [0.29, 0.717) is 5.54 Å². The van der Waals surface area contributed by atoms with E-state index in [1.165, 1.54) is 32.1 Å². The Bertz CT molecular complexity index is 196. The van der Waals surface area contributed by atoms with Crippen LogP contribution in [-0.4, -0.2) is 50.3 Å². The number of likely N-dealkylation sites (N-methyl/N-ethyl adjacent to an activating group) is 1. The van der Waals surface area contributed by atoms with Crippen molar-refractivity contribution >= 4 is 0 Å². The number of ether oxygens (including phenoxy) is 1. The van der Waals surface area contributed by atoms with Crippen molar-refractivity contribution in [3.63, 3.8) is 0 Å². The first-order valence-electron chi connectivity index (χ1n) is 6.21. The van der Waals surface area contributed by atoms with Crippen molar-refractivity contribution in [2.24, 2.45) is 0 Å². The Morgan fingerprint density at radius 3 is 2.40 bits per heavy atom. The number of hydrogen-bond donors (Lipinski definition) is 1. The van der Waals surface area contributed by atoms with E-state index in [1.54, 1.807) is 0 Å². The van der Waals surface area contributed by atoms with Gasteiger partial charge in [0, 0.05) is 31.3 Å². The zero-order chi connectivity index (χ0) is 10.7. The van der Waals surface area contributed by atoms with Crippen LogP contribution < -0.4 is 5.32 Å². The van der Waals surface area contributed by atoms with Gasteiger partial charge in [-0.1, -0.05) is 6.42 Å². The molecule has 88 valence electrons. The van der Waals surface area contributed by atoms with Crippen molar-refractivity contribution in [3.8, 4) is 0 Å². The molecule has 0 aromatic rings. The van der Waals surface area contributed by atoms with Crippen LogP contribution >= 0.6 is 0 Å². The van der Waals surface area contributed by atoms with Crippen LogP contribution in [0.5, 0.6) is 0 Å². The maximum absolute atomic E-state index is 5.47. The fourth-order valence-electron chi connectivity index (χ4n) is 2.48. The van der Waals surface area contributed by atoms with Gasteiger partial charge in [0.1, 0.15) is 0 Å². The molecule has 0 atom stereocenters. The second kappa shape index (κ2) is 4.81. The summed E-state index contributed by atoms with van der Waals surface area (Å²) in [5.74, 6) is 0. The second-order valence-corrected chi connectivity index (χ2v) is 5.24. The molecule has 1 aliphatic heterocycles. The van der Waals surface area contributed by atoms with E-state index in [0.717, 1.165) is 25.8 Å². The second-order valence-electron chi connectivity index (χ2n) is 5.24. The molecule has 1 N–H and O–H groups in total. The summed E-state index contributed by atoms with van der Waals surface area (Å²) in [6.45, 7) is 2.98. The maximum Gasteiger partial charge on any atom is 0.0484 e. The Balaban J connectivity index is 1.86. The predicted octanol–water partition coefficient (Wildman–Crippen LogP) is 1.24. The molecule has 0 amide bonds. The molecule has 1 aliphatic carbocycles. The van der Waals surface area contributed by atoms with Gasteiger partial charge in [-0.3, -0.25) is 0 Å². The molecule has 0 bridgehead atoms. The van der Waals surface area contributed by atoms with E-state index in [1.807, 2.05) is 0 Å². The molecule has 2 fully saturated rings. The summed E-state index contributed by atoms with van der Waals surface area (Å²) in [6.07, 6.45) is 6.50. The van der Waals surface area contributed by atoms with Crippen LogP contribution in [-0.2, 0) is 4.74 Å². The van der Waals surface area contributed by atoms with Crippen molar-refractivity contribution < 1.29 is 4.74 Å². The van der Waals surface area contributed by atoms with Crippen LogP contribution in [0.2, 0.25) is 0 Å². The summed E-state index contributed by atoms with van der Waals surface area (Å²) in [5.41, 5.74) is 0.341. The minimum Gasteiger partial charge on any atom is -0.381 e. The smallest absolute Gasteiger partial charge is 0.0484 e. The zero-order valence-electron chi connectivity index (χ0n) is 10.1. The summed E-state index contributed by atoms with van der Waals surface area (Å²) in [7, 11) is 4.40.